The van der Waals surface area contributed by atoms with E-state index in [-0.39, 0.29) is 0 Å². The van der Waals surface area contributed by atoms with Crippen LogP contribution >= 0.6 is 0 Å². The summed E-state index contributed by atoms with van der Waals surface area (Å²) in [6, 6.07) is 47.4. The number of nitrogens with zero attached hydrogens (tertiary/aromatic N) is 3. The topological polar surface area (TPSA) is 51.8 Å². The van der Waals surface area contributed by atoms with Crippen molar-refractivity contribution in [3.63, 3.8) is 0 Å². The maximum atomic E-state index is 6.54. The minimum Gasteiger partial charge on any atom is -0.456 e. The summed E-state index contributed by atoms with van der Waals surface area (Å²) in [5.74, 6) is 1.88. The minimum absolute atomic E-state index is 0.611. The first kappa shape index (κ1) is 23.3. The predicted molar refractivity (Wildman–Crippen MR) is 166 cm³/mol. The second-order valence-electron chi connectivity index (χ2n) is 10.0. The molecule has 2 heterocycles. The molecule has 4 heteroatoms. The third-order valence-corrected chi connectivity index (χ3v) is 7.53. The molecule has 0 saturated carbocycles. The number of aromatic nitrogens is 3. The van der Waals surface area contributed by atoms with Crippen molar-refractivity contribution >= 4 is 32.7 Å². The molecule has 0 amide bonds. The molecule has 0 aliphatic carbocycles. The number of hydrogen-bond acceptors (Lipinski definition) is 4. The Morgan fingerprint density at radius 2 is 0.902 bits per heavy atom. The van der Waals surface area contributed by atoms with E-state index in [0.29, 0.717) is 17.5 Å². The molecule has 6 aromatic carbocycles. The van der Waals surface area contributed by atoms with Gasteiger partial charge in [0.2, 0.25) is 0 Å². The summed E-state index contributed by atoms with van der Waals surface area (Å²) in [6.45, 7) is 0. The zero-order chi connectivity index (χ0) is 27.2. The highest BCUT2D eigenvalue weighted by Crippen LogP contribution is 2.43. The summed E-state index contributed by atoms with van der Waals surface area (Å²) in [5, 5.41) is 4.38. The van der Waals surface area contributed by atoms with Crippen LogP contribution < -0.4 is 0 Å². The highest BCUT2D eigenvalue weighted by molar-refractivity contribution is 6.25. The maximum Gasteiger partial charge on any atom is 0.164 e. The molecule has 2 aromatic heterocycles. The van der Waals surface area contributed by atoms with Crippen LogP contribution in [0.2, 0.25) is 0 Å². The number of furan rings is 1. The first-order valence-electron chi connectivity index (χ1n) is 13.6. The Morgan fingerprint density at radius 3 is 1.54 bits per heavy atom. The third kappa shape index (κ3) is 3.97. The summed E-state index contributed by atoms with van der Waals surface area (Å²) in [6.07, 6.45) is 0. The zero-order valence-corrected chi connectivity index (χ0v) is 22.0. The van der Waals surface area contributed by atoms with Gasteiger partial charge in [-0.25, -0.2) is 15.0 Å². The van der Waals surface area contributed by atoms with Crippen LogP contribution in [0.25, 0.3) is 78.0 Å². The highest BCUT2D eigenvalue weighted by Gasteiger charge is 2.20. The summed E-state index contributed by atoms with van der Waals surface area (Å²) >= 11 is 0. The van der Waals surface area contributed by atoms with Crippen molar-refractivity contribution in [2.45, 2.75) is 0 Å². The Kier molecular flexibility index (Phi) is 5.42. The van der Waals surface area contributed by atoms with E-state index in [4.69, 9.17) is 19.4 Å². The van der Waals surface area contributed by atoms with Gasteiger partial charge in [-0.15, -0.1) is 0 Å². The molecule has 0 fully saturated rings. The fourth-order valence-electron chi connectivity index (χ4n) is 5.65. The number of benzene rings is 6. The Labute approximate surface area is 236 Å². The van der Waals surface area contributed by atoms with E-state index >= 15 is 0 Å². The van der Waals surface area contributed by atoms with Crippen molar-refractivity contribution in [1.29, 1.82) is 0 Å². The first-order valence-corrected chi connectivity index (χ1v) is 13.6. The molecular weight excluding hydrogens is 502 g/mol. The standard InChI is InChI=1S/C37H23N3O/c1-4-13-24(14-5-1)27-21-12-22-31-33(27)34-29-20-11-10-19-28(29)30(23-32(34)41-31)37-39-35(25-15-6-2-7-16-25)38-36(40-37)26-17-8-3-9-18-26/h1-23H. The Balaban J connectivity index is 1.44. The second kappa shape index (κ2) is 9.54. The number of fused-ring (bicyclic) bond motifs is 5. The molecule has 192 valence electrons. The molecule has 0 atom stereocenters. The van der Waals surface area contributed by atoms with E-state index in [0.717, 1.165) is 60.5 Å². The summed E-state index contributed by atoms with van der Waals surface area (Å²) in [4.78, 5) is 14.9. The fraction of sp³-hybridized carbons (Fsp3) is 0. The smallest absolute Gasteiger partial charge is 0.164 e. The lowest BCUT2D eigenvalue weighted by molar-refractivity contribution is 0.669. The van der Waals surface area contributed by atoms with Gasteiger partial charge in [0.15, 0.2) is 17.5 Å². The Hall–Kier alpha value is -5.61. The lowest BCUT2D eigenvalue weighted by atomic mass is 9.94. The van der Waals surface area contributed by atoms with Gasteiger partial charge in [0.25, 0.3) is 0 Å². The van der Waals surface area contributed by atoms with Crippen LogP contribution in [-0.2, 0) is 0 Å². The summed E-state index contributed by atoms with van der Waals surface area (Å²) in [5.41, 5.74) is 6.76. The van der Waals surface area contributed by atoms with Gasteiger partial charge in [-0.2, -0.15) is 0 Å². The molecule has 8 rings (SSSR count). The Bertz CT molecular complexity index is 2130. The van der Waals surface area contributed by atoms with Gasteiger partial charge in [0, 0.05) is 27.5 Å². The van der Waals surface area contributed by atoms with Crippen LogP contribution in [0.5, 0.6) is 0 Å². The van der Waals surface area contributed by atoms with Gasteiger partial charge in [0.05, 0.1) is 0 Å². The molecule has 8 aromatic rings. The van der Waals surface area contributed by atoms with E-state index in [9.17, 15) is 0 Å². The van der Waals surface area contributed by atoms with Gasteiger partial charge in [0.1, 0.15) is 11.2 Å². The zero-order valence-electron chi connectivity index (χ0n) is 22.0. The number of rotatable bonds is 4. The van der Waals surface area contributed by atoms with Crippen molar-refractivity contribution in [2.75, 3.05) is 0 Å². The SMILES string of the molecule is c1ccc(-c2nc(-c3ccccc3)nc(-c3cc4oc5cccc(-c6ccccc6)c5c4c4ccccc34)n2)cc1. The molecule has 0 spiro atoms. The molecule has 0 bridgehead atoms. The molecule has 0 aliphatic rings. The average molecular weight is 526 g/mol. The van der Waals surface area contributed by atoms with Crippen molar-refractivity contribution in [3.8, 4) is 45.3 Å². The second-order valence-corrected chi connectivity index (χ2v) is 10.0. The first-order chi connectivity index (χ1) is 20.3. The molecule has 41 heavy (non-hydrogen) atoms. The molecular formula is C37H23N3O. The monoisotopic (exact) mass is 525 g/mol. The summed E-state index contributed by atoms with van der Waals surface area (Å²) < 4.78 is 6.54. The molecule has 0 aliphatic heterocycles. The van der Waals surface area contributed by atoms with Crippen LogP contribution in [0.15, 0.2) is 144 Å². The van der Waals surface area contributed by atoms with Gasteiger partial charge in [-0.1, -0.05) is 127 Å². The van der Waals surface area contributed by atoms with Crippen LogP contribution in [0.4, 0.5) is 0 Å². The average Bonchev–Trinajstić information content (AvgIpc) is 3.44. The Morgan fingerprint density at radius 1 is 0.366 bits per heavy atom. The van der Waals surface area contributed by atoms with Gasteiger partial charge < -0.3 is 4.42 Å². The molecule has 0 radical (unpaired) electrons. The lowest BCUT2D eigenvalue weighted by Crippen LogP contribution is -2.00. The quantitative estimate of drug-likeness (QED) is 0.230. The lowest BCUT2D eigenvalue weighted by Gasteiger charge is -2.11. The van der Waals surface area contributed by atoms with E-state index in [1.54, 1.807) is 0 Å². The van der Waals surface area contributed by atoms with Gasteiger partial charge in [-0.05, 0) is 34.0 Å². The van der Waals surface area contributed by atoms with Gasteiger partial charge in [-0.3, -0.25) is 0 Å². The largest absolute Gasteiger partial charge is 0.456 e. The van der Waals surface area contributed by atoms with Crippen molar-refractivity contribution in [1.82, 2.24) is 15.0 Å². The third-order valence-electron chi connectivity index (χ3n) is 7.53. The molecule has 0 saturated heterocycles. The van der Waals surface area contributed by atoms with E-state index in [1.807, 2.05) is 72.8 Å². The van der Waals surface area contributed by atoms with Crippen LogP contribution in [0.1, 0.15) is 0 Å². The van der Waals surface area contributed by atoms with E-state index < -0.39 is 0 Å². The van der Waals surface area contributed by atoms with Crippen molar-refractivity contribution < 1.29 is 4.42 Å². The van der Waals surface area contributed by atoms with Crippen LogP contribution in [-0.4, -0.2) is 15.0 Å². The maximum absolute atomic E-state index is 6.54. The molecule has 0 unspecified atom stereocenters. The highest BCUT2D eigenvalue weighted by atomic mass is 16.3. The van der Waals surface area contributed by atoms with Crippen molar-refractivity contribution in [3.05, 3.63) is 140 Å². The van der Waals surface area contributed by atoms with Gasteiger partial charge >= 0.3 is 0 Å². The van der Waals surface area contributed by atoms with Crippen molar-refractivity contribution in [2.24, 2.45) is 0 Å². The minimum atomic E-state index is 0.611. The van der Waals surface area contributed by atoms with Crippen LogP contribution in [0.3, 0.4) is 0 Å². The number of hydrogen-bond donors (Lipinski definition) is 0. The molecule has 4 nitrogen and oxygen atoms in total. The van der Waals surface area contributed by atoms with Crippen LogP contribution in [0, 0.1) is 0 Å². The predicted octanol–water partition coefficient (Wildman–Crippen LogP) is 9.59. The molecule has 0 N–H and O–H groups in total. The van der Waals surface area contributed by atoms with E-state index in [1.165, 1.54) is 0 Å². The summed E-state index contributed by atoms with van der Waals surface area (Å²) in [7, 11) is 0. The normalized spacial score (nSPS) is 11.4. The van der Waals surface area contributed by atoms with E-state index in [2.05, 4.69) is 66.7 Å². The fourth-order valence-corrected chi connectivity index (χ4v) is 5.65.